The van der Waals surface area contributed by atoms with Crippen LogP contribution in [-0.4, -0.2) is 36.3 Å². The van der Waals surface area contributed by atoms with E-state index in [0.29, 0.717) is 0 Å². The molecule has 1 atom stereocenters. The Morgan fingerprint density at radius 2 is 2.32 bits per heavy atom. The fourth-order valence-corrected chi connectivity index (χ4v) is 2.28. The number of H-pyrrole nitrogens is 1. The molecule has 1 fully saturated rings. The molecule has 0 amide bonds. The van der Waals surface area contributed by atoms with Crippen LogP contribution in [0.25, 0.3) is 0 Å². The molecular weight excluding hydrogens is 242 g/mol. The van der Waals surface area contributed by atoms with E-state index in [2.05, 4.69) is 9.97 Å². The predicted octanol–water partition coefficient (Wildman–Crippen LogP) is 1.90. The number of nitrogens with one attached hydrogen (secondary N) is 1. The van der Waals surface area contributed by atoms with E-state index in [1.165, 1.54) is 6.42 Å². The molecule has 1 saturated heterocycles. The molecule has 1 aromatic heterocycles. The molecule has 0 saturated carbocycles. The van der Waals surface area contributed by atoms with Crippen LogP contribution in [0.2, 0.25) is 0 Å². The molecule has 1 aromatic rings. The van der Waals surface area contributed by atoms with Crippen LogP contribution in [0.4, 0.5) is 5.82 Å². The second-order valence-corrected chi connectivity index (χ2v) is 5.51. The van der Waals surface area contributed by atoms with Crippen molar-refractivity contribution < 1.29 is 4.74 Å². The smallest absolute Gasteiger partial charge is 0.252 e. The van der Waals surface area contributed by atoms with Gasteiger partial charge in [0.25, 0.3) is 5.56 Å². The van der Waals surface area contributed by atoms with Gasteiger partial charge in [-0.05, 0) is 19.3 Å². The SMILES string of the molecule is CC(C)c1nc(N(C)CC2CCCCO2)cc(=O)[nH]1. The Morgan fingerprint density at radius 1 is 1.53 bits per heavy atom. The number of nitrogens with zero attached hydrogens (tertiary/aromatic N) is 2. The summed E-state index contributed by atoms with van der Waals surface area (Å²) in [7, 11) is 1.96. The molecule has 106 valence electrons. The van der Waals surface area contributed by atoms with Crippen LogP contribution in [0.1, 0.15) is 44.9 Å². The standard InChI is InChI=1S/C14H23N3O2/c1-10(2)14-15-12(8-13(18)16-14)17(3)9-11-6-4-5-7-19-11/h8,10-11H,4-7,9H2,1-3H3,(H,15,16,18). The Hall–Kier alpha value is -1.36. The van der Waals surface area contributed by atoms with Gasteiger partial charge in [-0.2, -0.15) is 0 Å². The summed E-state index contributed by atoms with van der Waals surface area (Å²) in [6, 6.07) is 1.55. The van der Waals surface area contributed by atoms with Crippen LogP contribution in [0.15, 0.2) is 10.9 Å². The van der Waals surface area contributed by atoms with Crippen molar-refractivity contribution in [1.29, 1.82) is 0 Å². The van der Waals surface area contributed by atoms with Crippen LogP contribution >= 0.6 is 0 Å². The minimum atomic E-state index is -0.0925. The van der Waals surface area contributed by atoms with E-state index in [1.807, 2.05) is 25.8 Å². The monoisotopic (exact) mass is 265 g/mol. The first kappa shape index (κ1) is 14.1. The lowest BCUT2D eigenvalue weighted by Gasteiger charge is -2.28. The maximum Gasteiger partial charge on any atom is 0.252 e. The molecule has 5 heteroatoms. The molecule has 1 aliphatic heterocycles. The molecule has 2 heterocycles. The van der Waals surface area contributed by atoms with E-state index in [9.17, 15) is 4.79 Å². The maximum absolute atomic E-state index is 11.7. The highest BCUT2D eigenvalue weighted by molar-refractivity contribution is 5.36. The summed E-state index contributed by atoms with van der Waals surface area (Å²) in [6.45, 7) is 5.67. The fourth-order valence-electron chi connectivity index (χ4n) is 2.28. The lowest BCUT2D eigenvalue weighted by molar-refractivity contribution is 0.0215. The minimum absolute atomic E-state index is 0.0925. The van der Waals surface area contributed by atoms with Crippen molar-refractivity contribution in [2.45, 2.75) is 45.1 Å². The topological polar surface area (TPSA) is 58.2 Å². The largest absolute Gasteiger partial charge is 0.376 e. The predicted molar refractivity (Wildman–Crippen MR) is 75.8 cm³/mol. The van der Waals surface area contributed by atoms with E-state index in [1.54, 1.807) is 6.07 Å². The molecule has 0 aliphatic carbocycles. The van der Waals surface area contributed by atoms with Crippen LogP contribution in [-0.2, 0) is 4.74 Å². The lowest BCUT2D eigenvalue weighted by Crippen LogP contribution is -2.34. The summed E-state index contributed by atoms with van der Waals surface area (Å²) in [5.74, 6) is 1.67. The Kier molecular flexibility index (Phi) is 4.58. The number of hydrogen-bond donors (Lipinski definition) is 1. The number of anilines is 1. The lowest BCUT2D eigenvalue weighted by atomic mass is 10.1. The summed E-state index contributed by atoms with van der Waals surface area (Å²) in [6.07, 6.45) is 3.71. The highest BCUT2D eigenvalue weighted by atomic mass is 16.5. The highest BCUT2D eigenvalue weighted by Gasteiger charge is 2.17. The van der Waals surface area contributed by atoms with Crippen LogP contribution in [0, 0.1) is 0 Å². The molecule has 0 radical (unpaired) electrons. The molecule has 2 rings (SSSR count). The summed E-state index contributed by atoms with van der Waals surface area (Å²) in [5.41, 5.74) is -0.0925. The number of ether oxygens (including phenoxy) is 1. The summed E-state index contributed by atoms with van der Waals surface area (Å²) in [5, 5.41) is 0. The average molecular weight is 265 g/mol. The Balaban J connectivity index is 2.09. The zero-order chi connectivity index (χ0) is 13.8. The van der Waals surface area contributed by atoms with Gasteiger partial charge in [-0.3, -0.25) is 4.79 Å². The number of rotatable bonds is 4. The third-order valence-corrected chi connectivity index (χ3v) is 3.44. The van der Waals surface area contributed by atoms with Gasteiger partial charge in [-0.25, -0.2) is 4.98 Å². The number of likely N-dealkylation sites (N-methyl/N-ethyl adjacent to an activating group) is 1. The third-order valence-electron chi connectivity index (χ3n) is 3.44. The van der Waals surface area contributed by atoms with Crippen LogP contribution in [0.3, 0.4) is 0 Å². The van der Waals surface area contributed by atoms with E-state index >= 15 is 0 Å². The van der Waals surface area contributed by atoms with E-state index in [-0.39, 0.29) is 17.6 Å². The summed E-state index contributed by atoms with van der Waals surface area (Å²) >= 11 is 0. The normalized spacial score (nSPS) is 19.7. The zero-order valence-electron chi connectivity index (χ0n) is 12.0. The van der Waals surface area contributed by atoms with Crippen molar-refractivity contribution in [1.82, 2.24) is 9.97 Å². The second-order valence-electron chi connectivity index (χ2n) is 5.51. The van der Waals surface area contributed by atoms with Crippen molar-refractivity contribution in [3.8, 4) is 0 Å². The van der Waals surface area contributed by atoms with Crippen molar-refractivity contribution in [2.75, 3.05) is 25.1 Å². The van der Waals surface area contributed by atoms with Crippen molar-refractivity contribution in [3.63, 3.8) is 0 Å². The van der Waals surface area contributed by atoms with Gasteiger partial charge in [0, 0.05) is 32.2 Å². The zero-order valence-corrected chi connectivity index (χ0v) is 12.0. The van der Waals surface area contributed by atoms with Crippen molar-refractivity contribution in [3.05, 3.63) is 22.2 Å². The van der Waals surface area contributed by atoms with Gasteiger partial charge >= 0.3 is 0 Å². The molecule has 0 bridgehead atoms. The molecule has 1 aliphatic rings. The quantitative estimate of drug-likeness (QED) is 0.903. The van der Waals surface area contributed by atoms with Gasteiger partial charge in [-0.15, -0.1) is 0 Å². The van der Waals surface area contributed by atoms with Crippen LogP contribution < -0.4 is 10.5 Å². The van der Waals surface area contributed by atoms with Gasteiger partial charge in [0.05, 0.1) is 6.10 Å². The first-order valence-corrected chi connectivity index (χ1v) is 7.00. The molecule has 1 unspecified atom stereocenters. The Labute approximate surface area is 114 Å². The second kappa shape index (κ2) is 6.19. The summed E-state index contributed by atoms with van der Waals surface area (Å²) < 4.78 is 5.72. The van der Waals surface area contributed by atoms with Gasteiger partial charge in [0.15, 0.2) is 0 Å². The highest BCUT2D eigenvalue weighted by Crippen LogP contribution is 2.17. The number of aromatic amines is 1. The van der Waals surface area contributed by atoms with Gasteiger partial charge in [0.2, 0.25) is 0 Å². The molecule has 19 heavy (non-hydrogen) atoms. The minimum Gasteiger partial charge on any atom is -0.376 e. The number of hydrogen-bond acceptors (Lipinski definition) is 4. The third kappa shape index (κ3) is 3.80. The van der Waals surface area contributed by atoms with Crippen molar-refractivity contribution in [2.24, 2.45) is 0 Å². The Morgan fingerprint density at radius 3 is 2.95 bits per heavy atom. The van der Waals surface area contributed by atoms with E-state index in [0.717, 1.165) is 37.6 Å². The van der Waals surface area contributed by atoms with E-state index < -0.39 is 0 Å². The molecular formula is C14H23N3O2. The van der Waals surface area contributed by atoms with Crippen LogP contribution in [0.5, 0.6) is 0 Å². The number of aromatic nitrogens is 2. The molecule has 0 spiro atoms. The fraction of sp³-hybridized carbons (Fsp3) is 0.714. The van der Waals surface area contributed by atoms with Gasteiger partial charge in [0.1, 0.15) is 11.6 Å². The molecule has 5 nitrogen and oxygen atoms in total. The average Bonchev–Trinajstić information content (AvgIpc) is 2.39. The Bertz CT molecular complexity index is 464. The first-order valence-electron chi connectivity index (χ1n) is 7.00. The van der Waals surface area contributed by atoms with Crippen molar-refractivity contribution >= 4 is 5.82 Å². The van der Waals surface area contributed by atoms with E-state index in [4.69, 9.17) is 4.74 Å². The molecule has 1 N–H and O–H groups in total. The first-order chi connectivity index (χ1) is 9.06. The van der Waals surface area contributed by atoms with Gasteiger partial charge in [-0.1, -0.05) is 13.8 Å². The van der Waals surface area contributed by atoms with Gasteiger partial charge < -0.3 is 14.6 Å². The maximum atomic E-state index is 11.7. The summed E-state index contributed by atoms with van der Waals surface area (Å²) in [4.78, 5) is 21.0. The molecule has 0 aromatic carbocycles.